The fourth-order valence-corrected chi connectivity index (χ4v) is 1.82. The van der Waals surface area contributed by atoms with Gasteiger partial charge in [-0.2, -0.15) is 5.10 Å². The van der Waals surface area contributed by atoms with E-state index < -0.39 is 0 Å². The lowest BCUT2D eigenvalue weighted by atomic mass is 10.2. The normalized spacial score (nSPS) is 11.4. The summed E-state index contributed by atoms with van der Waals surface area (Å²) in [5.74, 6) is 0. The van der Waals surface area contributed by atoms with E-state index in [-0.39, 0.29) is 0 Å². The van der Waals surface area contributed by atoms with Gasteiger partial charge >= 0.3 is 0 Å². The van der Waals surface area contributed by atoms with Gasteiger partial charge in [-0.1, -0.05) is 31.4 Å². The van der Waals surface area contributed by atoms with Crippen molar-refractivity contribution in [1.82, 2.24) is 15.1 Å². The Kier molecular flexibility index (Phi) is 6.45. The van der Waals surface area contributed by atoms with Crippen molar-refractivity contribution in [2.24, 2.45) is 0 Å². The Bertz CT molecular complexity index is 311. The van der Waals surface area contributed by atoms with Crippen LogP contribution in [-0.4, -0.2) is 27.7 Å². The predicted octanol–water partition coefficient (Wildman–Crippen LogP) is 3.53. The lowest BCUT2D eigenvalue weighted by Gasteiger charge is -2.25. The summed E-state index contributed by atoms with van der Waals surface area (Å²) in [5.41, 5.74) is 0.986. The van der Waals surface area contributed by atoms with Crippen molar-refractivity contribution in [2.75, 3.05) is 6.54 Å². The molecule has 1 aromatic heterocycles. The van der Waals surface area contributed by atoms with E-state index in [0.717, 1.165) is 18.8 Å². The summed E-state index contributed by atoms with van der Waals surface area (Å²) in [5, 5.41) is 8.44. The second kappa shape index (κ2) is 7.62. The minimum Gasteiger partial charge on any atom is -0.295 e. The topological polar surface area (TPSA) is 29.0 Å². The molecule has 3 nitrogen and oxygen atoms in total. The number of rotatable bonds is 7. The maximum atomic E-state index is 5.73. The van der Waals surface area contributed by atoms with Crippen LogP contribution in [0.5, 0.6) is 0 Å². The van der Waals surface area contributed by atoms with E-state index in [2.05, 4.69) is 35.9 Å². The molecule has 0 aliphatic rings. The highest BCUT2D eigenvalue weighted by atomic mass is 35.5. The molecule has 0 unspecified atom stereocenters. The molecule has 0 saturated heterocycles. The van der Waals surface area contributed by atoms with Crippen molar-refractivity contribution in [3.8, 4) is 0 Å². The minimum atomic E-state index is 0.454. The smallest absolute Gasteiger partial charge is 0.151 e. The van der Waals surface area contributed by atoms with Gasteiger partial charge in [0.2, 0.25) is 0 Å². The molecule has 0 atom stereocenters. The van der Waals surface area contributed by atoms with Gasteiger partial charge in [0, 0.05) is 12.6 Å². The standard InChI is InChI=1S/C13H22ClN3/c1-4-5-6-9-17(11(2)3)10-12-7-8-13(14)16-15-12/h7-8,11H,4-6,9-10H2,1-3H3. The van der Waals surface area contributed by atoms with E-state index in [9.17, 15) is 0 Å². The highest BCUT2D eigenvalue weighted by molar-refractivity contribution is 6.29. The van der Waals surface area contributed by atoms with Gasteiger partial charge in [0.05, 0.1) is 5.69 Å². The second-order valence-corrected chi connectivity index (χ2v) is 5.01. The van der Waals surface area contributed by atoms with Gasteiger partial charge < -0.3 is 0 Å². The van der Waals surface area contributed by atoms with Gasteiger partial charge in [0.25, 0.3) is 0 Å². The molecule has 0 saturated carbocycles. The van der Waals surface area contributed by atoms with Crippen molar-refractivity contribution in [2.45, 2.75) is 52.6 Å². The number of unbranched alkanes of at least 4 members (excludes halogenated alkanes) is 2. The van der Waals surface area contributed by atoms with Crippen LogP contribution in [0.2, 0.25) is 5.15 Å². The number of aromatic nitrogens is 2. The molecular weight excluding hydrogens is 234 g/mol. The Morgan fingerprint density at radius 2 is 2.00 bits per heavy atom. The summed E-state index contributed by atoms with van der Waals surface area (Å²) in [6, 6.07) is 4.28. The Labute approximate surface area is 109 Å². The molecule has 0 aromatic carbocycles. The van der Waals surface area contributed by atoms with Crippen molar-refractivity contribution in [3.63, 3.8) is 0 Å². The molecule has 4 heteroatoms. The van der Waals surface area contributed by atoms with Crippen LogP contribution in [0.15, 0.2) is 12.1 Å². The highest BCUT2D eigenvalue weighted by Gasteiger charge is 2.10. The molecule has 0 amide bonds. The molecule has 96 valence electrons. The Morgan fingerprint density at radius 3 is 2.53 bits per heavy atom. The van der Waals surface area contributed by atoms with Gasteiger partial charge in [-0.15, -0.1) is 5.10 Å². The quantitative estimate of drug-likeness (QED) is 0.698. The number of hydrogen-bond donors (Lipinski definition) is 0. The van der Waals surface area contributed by atoms with Crippen LogP contribution >= 0.6 is 11.6 Å². The predicted molar refractivity (Wildman–Crippen MR) is 72.1 cm³/mol. The Morgan fingerprint density at radius 1 is 1.24 bits per heavy atom. The van der Waals surface area contributed by atoms with Gasteiger partial charge in [0.1, 0.15) is 0 Å². The summed E-state index contributed by atoms with van der Waals surface area (Å²) in [7, 11) is 0. The molecule has 0 N–H and O–H groups in total. The van der Waals surface area contributed by atoms with Crippen molar-refractivity contribution in [3.05, 3.63) is 23.0 Å². The average Bonchev–Trinajstić information content (AvgIpc) is 2.30. The van der Waals surface area contributed by atoms with E-state index in [1.54, 1.807) is 6.07 Å². The Hall–Kier alpha value is -0.670. The van der Waals surface area contributed by atoms with Crippen molar-refractivity contribution < 1.29 is 0 Å². The van der Waals surface area contributed by atoms with Crippen LogP contribution < -0.4 is 0 Å². The summed E-state index contributed by atoms with van der Waals surface area (Å²) in [6.45, 7) is 8.64. The first kappa shape index (κ1) is 14.4. The van der Waals surface area contributed by atoms with E-state index in [1.165, 1.54) is 19.3 Å². The summed E-state index contributed by atoms with van der Waals surface area (Å²) in [4.78, 5) is 2.42. The lowest BCUT2D eigenvalue weighted by Crippen LogP contribution is -2.31. The molecule has 1 heterocycles. The Balaban J connectivity index is 2.51. The number of halogens is 1. The van der Waals surface area contributed by atoms with Crippen LogP contribution in [0.4, 0.5) is 0 Å². The minimum absolute atomic E-state index is 0.454. The third-order valence-corrected chi connectivity index (χ3v) is 3.03. The maximum Gasteiger partial charge on any atom is 0.151 e. The second-order valence-electron chi connectivity index (χ2n) is 4.62. The van der Waals surface area contributed by atoms with Crippen LogP contribution in [0.1, 0.15) is 45.7 Å². The molecule has 1 rings (SSSR count). The molecule has 17 heavy (non-hydrogen) atoms. The van der Waals surface area contributed by atoms with E-state index in [1.807, 2.05) is 6.07 Å². The summed E-state index contributed by atoms with van der Waals surface area (Å²) >= 11 is 5.73. The molecule has 0 aliphatic carbocycles. The third kappa shape index (κ3) is 5.46. The molecule has 0 fully saturated rings. The fraction of sp³-hybridized carbons (Fsp3) is 0.692. The van der Waals surface area contributed by atoms with Crippen LogP contribution in [0.25, 0.3) is 0 Å². The SMILES string of the molecule is CCCCCN(Cc1ccc(Cl)nn1)C(C)C. The number of nitrogens with zero attached hydrogens (tertiary/aromatic N) is 3. The van der Waals surface area contributed by atoms with Crippen molar-refractivity contribution >= 4 is 11.6 Å². The van der Waals surface area contributed by atoms with Crippen LogP contribution in [0.3, 0.4) is 0 Å². The van der Waals surface area contributed by atoms with E-state index in [4.69, 9.17) is 11.6 Å². The zero-order chi connectivity index (χ0) is 12.7. The van der Waals surface area contributed by atoms with E-state index in [0.29, 0.717) is 11.2 Å². The van der Waals surface area contributed by atoms with Gasteiger partial charge in [-0.25, -0.2) is 0 Å². The van der Waals surface area contributed by atoms with Gasteiger partial charge in [0.15, 0.2) is 5.15 Å². The monoisotopic (exact) mass is 255 g/mol. The van der Waals surface area contributed by atoms with Gasteiger partial charge in [-0.05, 0) is 38.9 Å². The molecule has 1 aromatic rings. The average molecular weight is 256 g/mol. The first-order chi connectivity index (χ1) is 8.13. The maximum absolute atomic E-state index is 5.73. The van der Waals surface area contributed by atoms with Crippen molar-refractivity contribution in [1.29, 1.82) is 0 Å². The summed E-state index contributed by atoms with van der Waals surface area (Å²) < 4.78 is 0. The number of hydrogen-bond acceptors (Lipinski definition) is 3. The lowest BCUT2D eigenvalue weighted by molar-refractivity contribution is 0.205. The highest BCUT2D eigenvalue weighted by Crippen LogP contribution is 2.09. The first-order valence-electron chi connectivity index (χ1n) is 6.35. The molecule has 0 bridgehead atoms. The molecule has 0 aliphatic heterocycles. The van der Waals surface area contributed by atoms with E-state index >= 15 is 0 Å². The molecular formula is C13H22ClN3. The first-order valence-corrected chi connectivity index (χ1v) is 6.73. The van der Waals surface area contributed by atoms with Crippen LogP contribution in [-0.2, 0) is 6.54 Å². The van der Waals surface area contributed by atoms with Gasteiger partial charge in [-0.3, -0.25) is 4.90 Å². The summed E-state index contributed by atoms with van der Waals surface area (Å²) in [6.07, 6.45) is 3.79. The third-order valence-electron chi connectivity index (χ3n) is 2.83. The fourth-order valence-electron chi connectivity index (χ4n) is 1.72. The van der Waals surface area contributed by atoms with Crippen LogP contribution in [0, 0.1) is 0 Å². The largest absolute Gasteiger partial charge is 0.295 e. The zero-order valence-corrected chi connectivity index (χ0v) is 11.7. The molecule has 0 radical (unpaired) electrons. The molecule has 0 spiro atoms. The zero-order valence-electron chi connectivity index (χ0n) is 11.0.